The van der Waals surface area contributed by atoms with Gasteiger partial charge in [0.05, 0.1) is 12.0 Å². The van der Waals surface area contributed by atoms with Crippen molar-refractivity contribution in [2.45, 2.75) is 25.4 Å². The van der Waals surface area contributed by atoms with E-state index in [2.05, 4.69) is 19.9 Å². The summed E-state index contributed by atoms with van der Waals surface area (Å²) in [5, 5.41) is 3.28. The van der Waals surface area contributed by atoms with Crippen LogP contribution >= 0.6 is 0 Å². The van der Waals surface area contributed by atoms with Crippen molar-refractivity contribution in [1.29, 1.82) is 0 Å². The fraction of sp³-hybridized carbons (Fsp3) is 0.167. The van der Waals surface area contributed by atoms with Gasteiger partial charge < -0.3 is 9.13 Å². The van der Waals surface area contributed by atoms with Crippen molar-refractivity contribution in [2.75, 3.05) is 0 Å². The van der Waals surface area contributed by atoms with Crippen LogP contribution in [0.5, 0.6) is 0 Å². The molecular weight excluding hydrogens is 409 g/mol. The number of hydrogen-bond acceptors (Lipinski definition) is 4. The summed E-state index contributed by atoms with van der Waals surface area (Å²) in [7, 11) is 0. The van der Waals surface area contributed by atoms with E-state index in [9.17, 15) is 14.0 Å². The molecule has 2 aromatic heterocycles. The van der Waals surface area contributed by atoms with E-state index in [-0.39, 0.29) is 5.71 Å². The largest absolute Gasteiger partial charge is 0.347 e. The Morgan fingerprint density at radius 1 is 1.06 bits per heavy atom. The third kappa shape index (κ3) is 3.71. The number of amides is 2. The molecule has 4 aromatic rings. The van der Waals surface area contributed by atoms with Gasteiger partial charge in [0.25, 0.3) is 5.91 Å². The molecule has 1 unspecified atom stereocenters. The van der Waals surface area contributed by atoms with E-state index in [1.807, 2.05) is 41.2 Å². The Bertz CT molecular complexity index is 1320. The van der Waals surface area contributed by atoms with Gasteiger partial charge in [-0.15, -0.1) is 0 Å². The van der Waals surface area contributed by atoms with Crippen LogP contribution in [-0.4, -0.2) is 31.6 Å². The van der Waals surface area contributed by atoms with Gasteiger partial charge in [-0.2, -0.15) is 0 Å². The van der Waals surface area contributed by atoms with Crippen LogP contribution in [0.4, 0.5) is 10.1 Å². The van der Waals surface area contributed by atoms with Gasteiger partial charge in [-0.3, -0.25) is 14.9 Å². The van der Waals surface area contributed by atoms with Crippen molar-refractivity contribution < 1.29 is 14.0 Å². The van der Waals surface area contributed by atoms with Gasteiger partial charge in [-0.05, 0) is 42.3 Å². The van der Waals surface area contributed by atoms with Gasteiger partial charge >= 0.3 is 0 Å². The van der Waals surface area contributed by atoms with Gasteiger partial charge in [-0.25, -0.2) is 14.4 Å². The number of nitrogens with zero attached hydrogens (tertiary/aromatic N) is 4. The first-order valence-corrected chi connectivity index (χ1v) is 10.3. The van der Waals surface area contributed by atoms with Gasteiger partial charge in [0.1, 0.15) is 17.4 Å². The number of benzene rings is 2. The Morgan fingerprint density at radius 3 is 2.66 bits per heavy atom. The highest BCUT2D eigenvalue weighted by atomic mass is 19.1. The molecule has 2 aromatic carbocycles. The quantitative estimate of drug-likeness (QED) is 0.476. The second-order valence-electron chi connectivity index (χ2n) is 7.67. The van der Waals surface area contributed by atoms with Crippen LogP contribution in [0.1, 0.15) is 17.9 Å². The Hall–Kier alpha value is -4.07. The average Bonchev–Trinajstić information content (AvgIpc) is 3.49. The molecule has 1 atom stereocenters. The van der Waals surface area contributed by atoms with Crippen LogP contribution in [0.15, 0.2) is 78.4 Å². The lowest BCUT2D eigenvalue weighted by atomic mass is 9.95. The number of halogens is 1. The number of imide groups is 1. The molecule has 2 amide bonds. The molecule has 0 saturated carbocycles. The Labute approximate surface area is 183 Å². The molecule has 1 N–H and O–H groups in total. The lowest BCUT2D eigenvalue weighted by molar-refractivity contribution is -0.124. The van der Waals surface area contributed by atoms with Crippen molar-refractivity contribution in [1.82, 2.24) is 19.4 Å². The third-order valence-corrected chi connectivity index (χ3v) is 5.59. The predicted octanol–water partition coefficient (Wildman–Crippen LogP) is 3.58. The predicted molar refractivity (Wildman–Crippen MR) is 118 cm³/mol. The van der Waals surface area contributed by atoms with Crippen molar-refractivity contribution in [3.05, 3.63) is 84.8 Å². The lowest BCUT2D eigenvalue weighted by Crippen LogP contribution is -2.22. The van der Waals surface area contributed by atoms with E-state index in [1.54, 1.807) is 12.5 Å². The first kappa shape index (κ1) is 19.9. The summed E-state index contributed by atoms with van der Waals surface area (Å²) in [5.74, 6) is -2.15. The van der Waals surface area contributed by atoms with Gasteiger partial charge in [0.15, 0.2) is 0 Å². The molecule has 8 heteroatoms. The fourth-order valence-electron chi connectivity index (χ4n) is 4.09. The molecule has 0 radical (unpaired) electrons. The molecule has 0 bridgehead atoms. The third-order valence-electron chi connectivity index (χ3n) is 5.59. The van der Waals surface area contributed by atoms with Crippen molar-refractivity contribution in [2.24, 2.45) is 4.99 Å². The van der Waals surface area contributed by atoms with E-state index in [0.717, 1.165) is 36.0 Å². The van der Waals surface area contributed by atoms with Crippen molar-refractivity contribution in [3.8, 4) is 0 Å². The normalized spacial score (nSPS) is 17.4. The molecule has 160 valence electrons. The number of rotatable bonds is 6. The second kappa shape index (κ2) is 8.22. The maximum atomic E-state index is 13.3. The highest BCUT2D eigenvalue weighted by Crippen LogP contribution is 2.32. The highest BCUT2D eigenvalue weighted by molar-refractivity contribution is 6.52. The van der Waals surface area contributed by atoms with Crippen LogP contribution in [-0.2, 0) is 22.7 Å². The first-order valence-electron chi connectivity index (χ1n) is 10.3. The van der Waals surface area contributed by atoms with Crippen molar-refractivity contribution in [3.63, 3.8) is 0 Å². The zero-order chi connectivity index (χ0) is 22.1. The minimum absolute atomic E-state index is 0.114. The molecule has 1 aliphatic heterocycles. The average molecular weight is 429 g/mol. The Kier molecular flexibility index (Phi) is 5.10. The number of hydrogen-bond donors (Lipinski definition) is 1. The highest BCUT2D eigenvalue weighted by Gasteiger charge is 2.40. The maximum Gasteiger partial charge on any atom is 0.273 e. The molecule has 1 aliphatic rings. The Balaban J connectivity index is 1.51. The van der Waals surface area contributed by atoms with Gasteiger partial charge in [-0.1, -0.05) is 18.2 Å². The minimum atomic E-state index is -0.827. The summed E-state index contributed by atoms with van der Waals surface area (Å²) >= 11 is 0. The summed E-state index contributed by atoms with van der Waals surface area (Å²) < 4.78 is 17.4. The number of fused-ring (bicyclic) bond motifs is 1. The van der Waals surface area contributed by atoms with Crippen LogP contribution < -0.4 is 5.32 Å². The number of aromatic nitrogens is 3. The number of aliphatic imine (C=N–C) groups is 1. The van der Waals surface area contributed by atoms with Crippen molar-refractivity contribution >= 4 is 34.1 Å². The van der Waals surface area contributed by atoms with Gasteiger partial charge in [0.2, 0.25) is 5.91 Å². The first-order chi connectivity index (χ1) is 15.6. The molecule has 0 spiro atoms. The van der Waals surface area contributed by atoms with E-state index in [1.165, 1.54) is 24.3 Å². The van der Waals surface area contributed by atoms with Crippen LogP contribution in [0.3, 0.4) is 0 Å². The summed E-state index contributed by atoms with van der Waals surface area (Å²) in [5.41, 5.74) is 2.25. The van der Waals surface area contributed by atoms with Crippen LogP contribution in [0.25, 0.3) is 10.9 Å². The second-order valence-corrected chi connectivity index (χ2v) is 7.67. The lowest BCUT2D eigenvalue weighted by Gasteiger charge is -2.07. The molecule has 1 saturated heterocycles. The maximum absolute atomic E-state index is 13.3. The standard InChI is InChI=1S/C24H20FN5O2/c25-16-6-8-17(9-7-16)27-22-21(23(31)28-24(22)32)19-14-30(20-5-2-1-4-18(19)20)12-3-11-29-13-10-26-15-29/h1-2,4-10,13-15,21H,3,11-12H2,(H,28,31,32). The topological polar surface area (TPSA) is 81.3 Å². The zero-order valence-corrected chi connectivity index (χ0v) is 17.1. The zero-order valence-electron chi connectivity index (χ0n) is 17.1. The summed E-state index contributed by atoms with van der Waals surface area (Å²) in [6, 6.07) is 13.3. The van der Waals surface area contributed by atoms with E-state index in [0.29, 0.717) is 5.69 Å². The fourth-order valence-corrected chi connectivity index (χ4v) is 4.09. The van der Waals surface area contributed by atoms with E-state index < -0.39 is 23.5 Å². The summed E-state index contributed by atoms with van der Waals surface area (Å²) in [4.78, 5) is 33.8. The molecule has 32 heavy (non-hydrogen) atoms. The molecule has 0 aliphatic carbocycles. The van der Waals surface area contributed by atoms with Crippen LogP contribution in [0, 0.1) is 5.82 Å². The molecule has 7 nitrogen and oxygen atoms in total. The number of carbonyl (C=O) groups excluding carboxylic acids is 2. The summed E-state index contributed by atoms with van der Waals surface area (Å²) in [6.45, 7) is 1.56. The van der Waals surface area contributed by atoms with E-state index >= 15 is 0 Å². The molecular formula is C24H20FN5O2. The molecule has 3 heterocycles. The van der Waals surface area contributed by atoms with E-state index in [4.69, 9.17) is 0 Å². The molecule has 5 rings (SSSR count). The van der Waals surface area contributed by atoms with Crippen LogP contribution in [0.2, 0.25) is 0 Å². The number of nitrogens with one attached hydrogen (secondary N) is 1. The minimum Gasteiger partial charge on any atom is -0.347 e. The number of imidazole rings is 1. The smallest absolute Gasteiger partial charge is 0.273 e. The van der Waals surface area contributed by atoms with Gasteiger partial charge in [0, 0.05) is 42.6 Å². The number of carbonyl (C=O) groups is 2. The monoisotopic (exact) mass is 429 g/mol. The molecule has 1 fully saturated rings. The Morgan fingerprint density at radius 2 is 1.88 bits per heavy atom. The number of aryl methyl sites for hydroxylation is 2. The SMILES string of the molecule is O=C1NC(=O)C(c2cn(CCCn3ccnc3)c3ccccc23)C1=Nc1ccc(F)cc1. The summed E-state index contributed by atoms with van der Waals surface area (Å²) in [6.07, 6.45) is 8.26. The number of para-hydroxylation sites is 1.